The summed E-state index contributed by atoms with van der Waals surface area (Å²) in [6, 6.07) is 29.3. The predicted molar refractivity (Wildman–Crippen MR) is 107 cm³/mol. The molecule has 0 fully saturated rings. The van der Waals surface area contributed by atoms with Crippen molar-refractivity contribution in [2.45, 2.75) is 5.37 Å². The van der Waals surface area contributed by atoms with Crippen LogP contribution in [-0.4, -0.2) is 12.1 Å². The molecule has 0 amide bonds. The van der Waals surface area contributed by atoms with E-state index in [1.807, 2.05) is 24.3 Å². The Morgan fingerprint density at radius 1 is 0.800 bits per heavy atom. The van der Waals surface area contributed by atoms with Crippen molar-refractivity contribution >= 4 is 28.2 Å². The molecule has 1 N–H and O–H groups in total. The lowest BCUT2D eigenvalue weighted by Gasteiger charge is -2.20. The van der Waals surface area contributed by atoms with Gasteiger partial charge in [-0.25, -0.2) is 0 Å². The Morgan fingerprint density at radius 2 is 1.40 bits per heavy atom. The molecule has 0 spiro atoms. The summed E-state index contributed by atoms with van der Waals surface area (Å²) in [5, 5.41) is 5.68. The van der Waals surface area contributed by atoms with Crippen LogP contribution >= 0.6 is 11.8 Å². The molecule has 0 saturated carbocycles. The summed E-state index contributed by atoms with van der Waals surface area (Å²) in [6.07, 6.45) is 0. The quantitative estimate of drug-likeness (QED) is 0.708. The van der Waals surface area contributed by atoms with Crippen LogP contribution in [0.4, 0.5) is 11.4 Å². The van der Waals surface area contributed by atoms with Crippen LogP contribution in [-0.2, 0) is 0 Å². The zero-order valence-electron chi connectivity index (χ0n) is 14.0. The normalized spacial score (nSPS) is 16.2. The molecular formula is C21H19N3S. The molecule has 0 radical (unpaired) electrons. The lowest BCUT2D eigenvalue weighted by atomic mass is 10.2. The van der Waals surface area contributed by atoms with Crippen LogP contribution in [0.2, 0.25) is 0 Å². The van der Waals surface area contributed by atoms with E-state index >= 15 is 0 Å². The van der Waals surface area contributed by atoms with Gasteiger partial charge in [0.15, 0.2) is 0 Å². The topological polar surface area (TPSA) is 27.6 Å². The Hall–Kier alpha value is -2.72. The standard InChI is InChI=1S/C21H19N3S/c1-24(18-10-6-3-7-11-18)19-14-12-17(13-15-19)21-23-22-20(25-21)16-8-4-2-5-9-16/h2-15,21,23H,1H3/t21-/m0/s1. The molecule has 1 atom stereocenters. The smallest absolute Gasteiger partial charge is 0.126 e. The van der Waals surface area contributed by atoms with Gasteiger partial charge in [0.25, 0.3) is 0 Å². The lowest BCUT2D eigenvalue weighted by Crippen LogP contribution is -2.10. The number of hydrogen-bond donors (Lipinski definition) is 1. The van der Waals surface area contributed by atoms with E-state index in [1.165, 1.54) is 16.9 Å². The molecule has 1 heterocycles. The van der Waals surface area contributed by atoms with E-state index in [-0.39, 0.29) is 5.37 Å². The van der Waals surface area contributed by atoms with Gasteiger partial charge in [0.1, 0.15) is 10.4 Å². The van der Waals surface area contributed by atoms with Gasteiger partial charge in [-0.3, -0.25) is 5.43 Å². The third-order valence-electron chi connectivity index (χ3n) is 4.26. The molecule has 25 heavy (non-hydrogen) atoms. The predicted octanol–water partition coefficient (Wildman–Crippen LogP) is 5.15. The molecular weight excluding hydrogens is 326 g/mol. The summed E-state index contributed by atoms with van der Waals surface area (Å²) in [5.41, 5.74) is 7.97. The first-order valence-electron chi connectivity index (χ1n) is 8.25. The second-order valence-corrected chi connectivity index (χ2v) is 6.99. The van der Waals surface area contributed by atoms with Crippen molar-refractivity contribution in [2.24, 2.45) is 5.10 Å². The largest absolute Gasteiger partial charge is 0.345 e. The Balaban J connectivity index is 1.47. The minimum absolute atomic E-state index is 0.159. The Bertz CT molecular complexity index is 861. The van der Waals surface area contributed by atoms with E-state index in [0.717, 1.165) is 10.6 Å². The third-order valence-corrected chi connectivity index (χ3v) is 5.42. The molecule has 0 saturated heterocycles. The second kappa shape index (κ2) is 7.03. The number of nitrogens with zero attached hydrogens (tertiary/aromatic N) is 2. The van der Waals surface area contributed by atoms with E-state index in [4.69, 9.17) is 0 Å². The van der Waals surface area contributed by atoms with Crippen molar-refractivity contribution in [3.63, 3.8) is 0 Å². The van der Waals surface area contributed by atoms with Gasteiger partial charge in [-0.15, -0.1) is 0 Å². The highest BCUT2D eigenvalue weighted by Gasteiger charge is 2.22. The molecule has 1 aliphatic rings. The summed E-state index contributed by atoms with van der Waals surface area (Å²) in [5.74, 6) is 0. The van der Waals surface area contributed by atoms with Crippen LogP contribution in [0.15, 0.2) is 90.0 Å². The molecule has 3 aromatic carbocycles. The molecule has 0 aromatic heterocycles. The fourth-order valence-electron chi connectivity index (χ4n) is 2.81. The zero-order chi connectivity index (χ0) is 17.1. The molecule has 3 nitrogen and oxygen atoms in total. The molecule has 1 aliphatic heterocycles. The highest BCUT2D eigenvalue weighted by atomic mass is 32.2. The van der Waals surface area contributed by atoms with Crippen molar-refractivity contribution in [3.05, 3.63) is 96.1 Å². The Labute approximate surface area is 152 Å². The molecule has 0 unspecified atom stereocenters. The van der Waals surface area contributed by atoms with Crippen LogP contribution in [0.3, 0.4) is 0 Å². The average molecular weight is 345 g/mol. The number of thioether (sulfide) groups is 1. The minimum atomic E-state index is 0.159. The molecule has 0 aliphatic carbocycles. The summed E-state index contributed by atoms with van der Waals surface area (Å²) >= 11 is 1.75. The minimum Gasteiger partial charge on any atom is -0.345 e. The maximum atomic E-state index is 4.49. The number of hydrazone groups is 1. The Morgan fingerprint density at radius 3 is 2.08 bits per heavy atom. The maximum Gasteiger partial charge on any atom is 0.126 e. The van der Waals surface area contributed by atoms with Crippen LogP contribution in [0, 0.1) is 0 Å². The van der Waals surface area contributed by atoms with Crippen molar-refractivity contribution in [2.75, 3.05) is 11.9 Å². The van der Waals surface area contributed by atoms with Crippen molar-refractivity contribution in [1.29, 1.82) is 0 Å². The zero-order valence-corrected chi connectivity index (χ0v) is 14.8. The van der Waals surface area contributed by atoms with Gasteiger partial charge in [0, 0.05) is 24.0 Å². The fraction of sp³-hybridized carbons (Fsp3) is 0.0952. The van der Waals surface area contributed by atoms with E-state index < -0.39 is 0 Å². The summed E-state index contributed by atoms with van der Waals surface area (Å²) in [7, 11) is 2.09. The number of nitrogens with one attached hydrogen (secondary N) is 1. The number of anilines is 2. The van der Waals surface area contributed by atoms with Crippen molar-refractivity contribution in [1.82, 2.24) is 5.43 Å². The Kier molecular flexibility index (Phi) is 4.44. The first kappa shape index (κ1) is 15.8. The van der Waals surface area contributed by atoms with Crippen molar-refractivity contribution < 1.29 is 0 Å². The van der Waals surface area contributed by atoms with E-state index in [0.29, 0.717) is 0 Å². The van der Waals surface area contributed by atoms with Gasteiger partial charge < -0.3 is 4.90 Å². The average Bonchev–Trinajstić information content (AvgIpc) is 3.19. The highest BCUT2D eigenvalue weighted by molar-refractivity contribution is 8.14. The SMILES string of the molecule is CN(c1ccccc1)c1ccc([C@H]2NN=C(c3ccccc3)S2)cc1. The second-order valence-electron chi connectivity index (χ2n) is 5.90. The number of benzene rings is 3. The van der Waals surface area contributed by atoms with Gasteiger partial charge in [0.05, 0.1) is 0 Å². The van der Waals surface area contributed by atoms with E-state index in [9.17, 15) is 0 Å². The fourth-order valence-corrected chi connectivity index (χ4v) is 3.81. The van der Waals surface area contributed by atoms with Gasteiger partial charge in [-0.2, -0.15) is 5.10 Å². The number of rotatable bonds is 4. The van der Waals surface area contributed by atoms with Crippen LogP contribution in [0.5, 0.6) is 0 Å². The van der Waals surface area contributed by atoms with E-state index in [1.54, 1.807) is 11.8 Å². The van der Waals surface area contributed by atoms with Crippen LogP contribution < -0.4 is 10.3 Å². The number of para-hydroxylation sites is 1. The summed E-state index contributed by atoms with van der Waals surface area (Å²) < 4.78 is 0. The van der Waals surface area contributed by atoms with Crippen LogP contribution in [0.1, 0.15) is 16.5 Å². The van der Waals surface area contributed by atoms with Crippen LogP contribution in [0.25, 0.3) is 0 Å². The molecule has 4 rings (SSSR count). The van der Waals surface area contributed by atoms with Gasteiger partial charge in [-0.05, 0) is 29.8 Å². The van der Waals surface area contributed by atoms with Gasteiger partial charge in [0.2, 0.25) is 0 Å². The summed E-state index contributed by atoms with van der Waals surface area (Å²) in [6.45, 7) is 0. The maximum absolute atomic E-state index is 4.49. The monoisotopic (exact) mass is 345 g/mol. The molecule has 3 aromatic rings. The van der Waals surface area contributed by atoms with Gasteiger partial charge in [-0.1, -0.05) is 72.4 Å². The van der Waals surface area contributed by atoms with E-state index in [2.05, 4.69) is 83.1 Å². The molecule has 4 heteroatoms. The highest BCUT2D eigenvalue weighted by Crippen LogP contribution is 2.35. The van der Waals surface area contributed by atoms with Gasteiger partial charge >= 0.3 is 0 Å². The first-order valence-corrected chi connectivity index (χ1v) is 9.13. The molecule has 0 bridgehead atoms. The summed E-state index contributed by atoms with van der Waals surface area (Å²) in [4.78, 5) is 2.19. The molecule has 124 valence electrons. The lowest BCUT2D eigenvalue weighted by molar-refractivity contribution is 0.744. The third kappa shape index (κ3) is 3.39. The first-order chi connectivity index (χ1) is 12.3. The van der Waals surface area contributed by atoms with Crippen molar-refractivity contribution in [3.8, 4) is 0 Å². The number of hydrogen-bond acceptors (Lipinski definition) is 4.